The Hall–Kier alpha value is -0.440. The van der Waals surface area contributed by atoms with Gasteiger partial charge >= 0.3 is 0 Å². The van der Waals surface area contributed by atoms with Crippen LogP contribution in [0.2, 0.25) is 0 Å². The maximum atomic E-state index is 7.45. The highest BCUT2D eigenvalue weighted by atomic mass is 35.6. The molecule has 5 heteroatoms. The largest absolute Gasteiger partial charge is 0.478 e. The predicted molar refractivity (Wildman–Crippen MR) is 71.3 cm³/mol. The van der Waals surface area contributed by atoms with E-state index in [4.69, 9.17) is 44.9 Å². The van der Waals surface area contributed by atoms with Gasteiger partial charge in [0.2, 0.25) is 5.90 Å². The minimum Gasteiger partial charge on any atom is -0.478 e. The van der Waals surface area contributed by atoms with Crippen LogP contribution in [0, 0.1) is 11.3 Å². The molecule has 17 heavy (non-hydrogen) atoms. The Morgan fingerprint density at radius 1 is 1.24 bits per heavy atom. The van der Waals surface area contributed by atoms with Crippen molar-refractivity contribution in [1.29, 1.82) is 5.41 Å². The highest BCUT2D eigenvalue weighted by Gasteiger charge is 2.30. The van der Waals surface area contributed by atoms with Gasteiger partial charge in [-0.15, -0.1) is 0 Å². The summed E-state index contributed by atoms with van der Waals surface area (Å²) in [5.74, 6) is 0.0542. The first kappa shape index (κ1) is 13.0. The van der Waals surface area contributed by atoms with Gasteiger partial charge in [-0.2, -0.15) is 0 Å². The van der Waals surface area contributed by atoms with Crippen LogP contribution in [0.4, 0.5) is 0 Å². The minimum absolute atomic E-state index is 0.307. The van der Waals surface area contributed by atoms with E-state index in [-0.39, 0.29) is 5.90 Å². The molecule has 1 aliphatic carbocycles. The lowest BCUT2D eigenvalue weighted by Gasteiger charge is -2.16. The van der Waals surface area contributed by atoms with Crippen molar-refractivity contribution in [2.24, 2.45) is 5.92 Å². The van der Waals surface area contributed by atoms with Crippen molar-refractivity contribution in [2.75, 3.05) is 6.61 Å². The molecule has 0 unspecified atom stereocenters. The van der Waals surface area contributed by atoms with Crippen molar-refractivity contribution < 1.29 is 4.74 Å². The third kappa shape index (κ3) is 3.27. The van der Waals surface area contributed by atoms with E-state index in [1.807, 2.05) is 12.1 Å². The van der Waals surface area contributed by atoms with Gasteiger partial charge in [-0.25, -0.2) is 0 Å². The zero-order chi connectivity index (χ0) is 12.5. The van der Waals surface area contributed by atoms with Gasteiger partial charge in [-0.05, 0) is 24.0 Å². The normalized spacial score (nSPS) is 15.7. The molecule has 2 rings (SSSR count). The number of benzene rings is 1. The maximum absolute atomic E-state index is 7.45. The number of alkyl halides is 3. The van der Waals surface area contributed by atoms with Crippen LogP contribution in [-0.4, -0.2) is 16.3 Å². The third-order valence-electron chi connectivity index (χ3n) is 2.86. The molecule has 0 aromatic heterocycles. The van der Waals surface area contributed by atoms with Crippen LogP contribution in [0.5, 0.6) is 0 Å². The summed E-state index contributed by atoms with van der Waals surface area (Å²) in [6.07, 6.45) is 1.92. The van der Waals surface area contributed by atoms with Gasteiger partial charge in [0, 0.05) is 5.92 Å². The Morgan fingerprint density at radius 2 is 1.76 bits per heavy atom. The summed E-state index contributed by atoms with van der Waals surface area (Å²) in [5, 5.41) is 7.45. The van der Waals surface area contributed by atoms with Crippen LogP contribution in [0.25, 0.3) is 0 Å². The Labute approximate surface area is 115 Å². The lowest BCUT2D eigenvalue weighted by molar-refractivity contribution is 0.236. The van der Waals surface area contributed by atoms with Gasteiger partial charge in [-0.1, -0.05) is 59.1 Å². The molecule has 92 valence electrons. The number of rotatable bonds is 2. The van der Waals surface area contributed by atoms with Crippen LogP contribution in [0.3, 0.4) is 0 Å². The Morgan fingerprint density at radius 3 is 2.24 bits per heavy atom. The van der Waals surface area contributed by atoms with Crippen LogP contribution in [-0.2, 0) is 17.6 Å². The molecule has 1 aromatic rings. The zero-order valence-corrected chi connectivity index (χ0v) is 11.3. The molecule has 0 fully saturated rings. The summed E-state index contributed by atoms with van der Waals surface area (Å²) in [7, 11) is 0. The molecule has 1 aliphatic rings. The number of halogens is 3. The topological polar surface area (TPSA) is 33.1 Å². The fraction of sp³-hybridized carbons (Fsp3) is 0.417. The standard InChI is InChI=1S/C12H12Cl3NO/c13-12(14,15)11(16)17-7-8-5-9-3-1-2-4-10(9)6-8/h1-4,8,16H,5-7H2. The molecule has 0 spiro atoms. The highest BCUT2D eigenvalue weighted by Crippen LogP contribution is 2.30. The third-order valence-corrected chi connectivity index (χ3v) is 3.37. The molecule has 0 atom stereocenters. The first-order valence-corrected chi connectivity index (χ1v) is 6.45. The molecule has 0 saturated heterocycles. The van der Waals surface area contributed by atoms with E-state index < -0.39 is 3.79 Å². The van der Waals surface area contributed by atoms with Crippen molar-refractivity contribution in [3.8, 4) is 0 Å². The fourth-order valence-corrected chi connectivity index (χ4v) is 2.21. The van der Waals surface area contributed by atoms with Crippen LogP contribution >= 0.6 is 34.8 Å². The molecule has 1 N–H and O–H groups in total. The maximum Gasteiger partial charge on any atom is 0.265 e. The Balaban J connectivity index is 1.87. The van der Waals surface area contributed by atoms with Crippen molar-refractivity contribution in [1.82, 2.24) is 0 Å². The van der Waals surface area contributed by atoms with Crippen molar-refractivity contribution >= 4 is 40.7 Å². The molecule has 1 aromatic carbocycles. The summed E-state index contributed by atoms with van der Waals surface area (Å²) in [6, 6.07) is 8.31. The summed E-state index contributed by atoms with van der Waals surface area (Å²) in [5.41, 5.74) is 2.70. The minimum atomic E-state index is -1.76. The number of hydrogen-bond acceptors (Lipinski definition) is 2. The van der Waals surface area contributed by atoms with E-state index in [1.165, 1.54) is 11.1 Å². The van der Waals surface area contributed by atoms with Gasteiger partial charge in [0.1, 0.15) is 0 Å². The smallest absolute Gasteiger partial charge is 0.265 e. The highest BCUT2D eigenvalue weighted by molar-refractivity contribution is 6.76. The zero-order valence-electron chi connectivity index (χ0n) is 9.05. The lowest BCUT2D eigenvalue weighted by Crippen LogP contribution is -2.24. The average molecular weight is 293 g/mol. The van der Waals surface area contributed by atoms with E-state index >= 15 is 0 Å². The lowest BCUT2D eigenvalue weighted by atomic mass is 10.1. The molecular weight excluding hydrogens is 280 g/mol. The monoisotopic (exact) mass is 291 g/mol. The Bertz CT molecular complexity index is 403. The second kappa shape index (κ2) is 5.05. The van der Waals surface area contributed by atoms with Crippen molar-refractivity contribution in [3.05, 3.63) is 35.4 Å². The van der Waals surface area contributed by atoms with Crippen molar-refractivity contribution in [3.63, 3.8) is 0 Å². The van der Waals surface area contributed by atoms with E-state index in [2.05, 4.69) is 12.1 Å². The summed E-state index contributed by atoms with van der Waals surface area (Å²) in [4.78, 5) is 0. The number of nitrogens with one attached hydrogen (secondary N) is 1. The number of ether oxygens (including phenoxy) is 1. The number of hydrogen-bond donors (Lipinski definition) is 1. The van der Waals surface area contributed by atoms with Crippen molar-refractivity contribution in [2.45, 2.75) is 16.6 Å². The molecular formula is C12H12Cl3NO. The summed E-state index contributed by atoms with van der Waals surface area (Å²) in [6.45, 7) is 0.418. The van der Waals surface area contributed by atoms with E-state index in [0.29, 0.717) is 12.5 Å². The van der Waals surface area contributed by atoms with E-state index in [0.717, 1.165) is 12.8 Å². The Kier molecular flexibility index (Phi) is 3.86. The van der Waals surface area contributed by atoms with Crippen LogP contribution < -0.4 is 0 Å². The molecule has 2 nitrogen and oxygen atoms in total. The molecule has 0 saturated carbocycles. The summed E-state index contributed by atoms with van der Waals surface area (Å²) >= 11 is 16.6. The summed E-state index contributed by atoms with van der Waals surface area (Å²) < 4.78 is 3.45. The van der Waals surface area contributed by atoms with Gasteiger partial charge in [-0.3, -0.25) is 5.41 Å². The first-order chi connectivity index (χ1) is 7.97. The SMILES string of the molecule is N=C(OCC1Cc2ccccc2C1)C(Cl)(Cl)Cl. The van der Waals surface area contributed by atoms with E-state index in [9.17, 15) is 0 Å². The quantitative estimate of drug-likeness (QED) is 0.502. The molecule has 0 bridgehead atoms. The average Bonchev–Trinajstić information content (AvgIpc) is 2.66. The first-order valence-electron chi connectivity index (χ1n) is 5.32. The fourth-order valence-electron chi connectivity index (χ4n) is 2.05. The van der Waals surface area contributed by atoms with Crippen LogP contribution in [0.1, 0.15) is 11.1 Å². The van der Waals surface area contributed by atoms with Crippen LogP contribution in [0.15, 0.2) is 24.3 Å². The second-order valence-electron chi connectivity index (χ2n) is 4.18. The molecule has 0 radical (unpaired) electrons. The van der Waals surface area contributed by atoms with Gasteiger partial charge < -0.3 is 4.74 Å². The van der Waals surface area contributed by atoms with Gasteiger partial charge in [0.05, 0.1) is 6.61 Å². The molecule has 0 amide bonds. The molecule has 0 heterocycles. The second-order valence-corrected chi connectivity index (χ2v) is 6.46. The van der Waals surface area contributed by atoms with E-state index in [1.54, 1.807) is 0 Å². The van der Waals surface area contributed by atoms with Gasteiger partial charge in [0.25, 0.3) is 3.79 Å². The number of fused-ring (bicyclic) bond motifs is 1. The van der Waals surface area contributed by atoms with Gasteiger partial charge in [0.15, 0.2) is 0 Å². The molecule has 0 aliphatic heterocycles. The predicted octanol–water partition coefficient (Wildman–Crippen LogP) is 3.77.